The zero-order chi connectivity index (χ0) is 15.0. The van der Waals surface area contributed by atoms with Crippen LogP contribution in [0.1, 0.15) is 40.0 Å². The first-order chi connectivity index (χ1) is 9.60. The highest BCUT2D eigenvalue weighted by Crippen LogP contribution is 2.14. The molecule has 114 valence electrons. The molecule has 1 heterocycles. The number of hydrogen-bond donors (Lipinski definition) is 3. The van der Waals surface area contributed by atoms with Crippen LogP contribution in [0.5, 0.6) is 6.01 Å². The number of hydrogen-bond acceptors (Lipinski definition) is 7. The quantitative estimate of drug-likeness (QED) is 0.629. The molecule has 7 nitrogen and oxygen atoms in total. The predicted octanol–water partition coefficient (Wildman–Crippen LogP) is 1.45. The van der Waals surface area contributed by atoms with Crippen molar-refractivity contribution in [2.24, 2.45) is 5.92 Å². The normalized spacial score (nSPS) is 12.4. The fourth-order valence-electron chi connectivity index (χ4n) is 1.90. The summed E-state index contributed by atoms with van der Waals surface area (Å²) in [5.74, 6) is 0.691. The van der Waals surface area contributed by atoms with E-state index < -0.39 is 6.10 Å². The number of nitrogen functional groups attached to an aromatic ring is 1. The van der Waals surface area contributed by atoms with Crippen LogP contribution in [-0.2, 0) is 0 Å². The summed E-state index contributed by atoms with van der Waals surface area (Å²) in [5, 5.41) is 13.0. The maximum absolute atomic E-state index is 10.1. The van der Waals surface area contributed by atoms with Crippen molar-refractivity contribution in [3.8, 4) is 6.01 Å². The second kappa shape index (κ2) is 8.52. The van der Waals surface area contributed by atoms with E-state index in [9.17, 15) is 5.11 Å². The summed E-state index contributed by atoms with van der Waals surface area (Å²) in [6.07, 6.45) is 2.29. The average molecular weight is 283 g/mol. The Hall–Kier alpha value is -1.63. The Morgan fingerprint density at radius 3 is 2.50 bits per heavy atom. The lowest BCUT2D eigenvalue weighted by atomic mass is 9.97. The van der Waals surface area contributed by atoms with Crippen LogP contribution >= 0.6 is 0 Å². The van der Waals surface area contributed by atoms with E-state index in [-0.39, 0.29) is 17.9 Å². The predicted molar refractivity (Wildman–Crippen MR) is 78.6 cm³/mol. The Labute approximate surface area is 120 Å². The highest BCUT2D eigenvalue weighted by atomic mass is 16.5. The van der Waals surface area contributed by atoms with Gasteiger partial charge in [-0.2, -0.15) is 15.0 Å². The van der Waals surface area contributed by atoms with Crippen molar-refractivity contribution >= 4 is 11.9 Å². The van der Waals surface area contributed by atoms with Gasteiger partial charge in [0.2, 0.25) is 11.9 Å². The Morgan fingerprint density at radius 2 is 1.90 bits per heavy atom. The van der Waals surface area contributed by atoms with E-state index in [0.29, 0.717) is 19.1 Å². The number of anilines is 2. The molecule has 20 heavy (non-hydrogen) atoms. The highest BCUT2D eigenvalue weighted by molar-refractivity contribution is 5.32. The Kier molecular flexibility index (Phi) is 7.00. The monoisotopic (exact) mass is 283 g/mol. The zero-order valence-electron chi connectivity index (χ0n) is 12.5. The summed E-state index contributed by atoms with van der Waals surface area (Å²) in [7, 11) is 0. The molecule has 0 aliphatic rings. The molecule has 7 heteroatoms. The third-order valence-electron chi connectivity index (χ3n) is 3.13. The maximum Gasteiger partial charge on any atom is 0.323 e. The van der Waals surface area contributed by atoms with Gasteiger partial charge in [-0.25, -0.2) is 0 Å². The van der Waals surface area contributed by atoms with Crippen LogP contribution in [0.25, 0.3) is 0 Å². The first-order valence-corrected chi connectivity index (χ1v) is 7.16. The smallest absolute Gasteiger partial charge is 0.323 e. The summed E-state index contributed by atoms with van der Waals surface area (Å²) in [6, 6.07) is 0.207. The summed E-state index contributed by atoms with van der Waals surface area (Å²) >= 11 is 0. The molecule has 4 N–H and O–H groups in total. The fraction of sp³-hybridized carbons (Fsp3) is 0.769. The van der Waals surface area contributed by atoms with Gasteiger partial charge in [-0.15, -0.1) is 0 Å². The van der Waals surface area contributed by atoms with Crippen molar-refractivity contribution in [3.63, 3.8) is 0 Å². The number of rotatable bonds is 9. The molecule has 0 saturated carbocycles. The van der Waals surface area contributed by atoms with Gasteiger partial charge in [0.15, 0.2) is 0 Å². The van der Waals surface area contributed by atoms with Crippen LogP contribution in [0.3, 0.4) is 0 Å². The van der Waals surface area contributed by atoms with E-state index in [0.717, 1.165) is 19.3 Å². The largest absolute Gasteiger partial charge is 0.463 e. The number of aliphatic hydroxyl groups excluding tert-OH is 1. The number of ether oxygens (including phenoxy) is 1. The molecule has 0 aliphatic heterocycles. The molecule has 0 saturated heterocycles. The van der Waals surface area contributed by atoms with Crippen molar-refractivity contribution in [3.05, 3.63) is 0 Å². The Morgan fingerprint density at radius 1 is 1.20 bits per heavy atom. The van der Waals surface area contributed by atoms with Crippen molar-refractivity contribution in [1.82, 2.24) is 15.0 Å². The number of aromatic nitrogens is 3. The van der Waals surface area contributed by atoms with Gasteiger partial charge in [-0.3, -0.25) is 0 Å². The third kappa shape index (κ3) is 5.16. The minimum absolute atomic E-state index is 0.102. The van der Waals surface area contributed by atoms with Gasteiger partial charge in [0.25, 0.3) is 0 Å². The summed E-state index contributed by atoms with van der Waals surface area (Å²) in [4.78, 5) is 12.0. The molecule has 1 unspecified atom stereocenters. The maximum atomic E-state index is 10.1. The number of nitrogens with two attached hydrogens (primary N) is 1. The Bertz CT molecular complexity index is 398. The molecule has 0 spiro atoms. The average Bonchev–Trinajstić information content (AvgIpc) is 2.43. The second-order valence-corrected chi connectivity index (χ2v) is 4.67. The first-order valence-electron chi connectivity index (χ1n) is 7.16. The third-order valence-corrected chi connectivity index (χ3v) is 3.13. The molecule has 1 aromatic heterocycles. The molecule has 0 radical (unpaired) electrons. The summed E-state index contributed by atoms with van der Waals surface area (Å²) < 4.78 is 5.33. The molecule has 0 bridgehead atoms. The molecule has 0 amide bonds. The van der Waals surface area contributed by atoms with Crippen molar-refractivity contribution in [2.45, 2.75) is 46.1 Å². The SMILES string of the molecule is CCCOc1nc(N)nc(NCC(O)C(CC)CC)n1. The lowest BCUT2D eigenvalue weighted by Gasteiger charge is -2.20. The number of nitrogens with one attached hydrogen (secondary N) is 1. The van der Waals surface area contributed by atoms with Gasteiger partial charge in [-0.05, 0) is 12.3 Å². The molecule has 0 aliphatic carbocycles. The molecule has 0 fully saturated rings. The summed E-state index contributed by atoms with van der Waals surface area (Å²) in [6.45, 7) is 7.03. The van der Waals surface area contributed by atoms with Crippen molar-refractivity contribution in [2.75, 3.05) is 24.2 Å². The van der Waals surface area contributed by atoms with E-state index in [2.05, 4.69) is 34.1 Å². The standard InChI is InChI=1S/C13H25N5O2/c1-4-7-20-13-17-11(14)16-12(18-13)15-8-10(19)9(5-2)6-3/h9-10,19H,4-8H2,1-3H3,(H3,14,15,16,17,18). The van der Waals surface area contributed by atoms with Gasteiger partial charge in [0.1, 0.15) is 0 Å². The lowest BCUT2D eigenvalue weighted by Crippen LogP contribution is -2.28. The van der Waals surface area contributed by atoms with Gasteiger partial charge >= 0.3 is 6.01 Å². The van der Waals surface area contributed by atoms with Crippen molar-refractivity contribution < 1.29 is 9.84 Å². The highest BCUT2D eigenvalue weighted by Gasteiger charge is 2.16. The summed E-state index contributed by atoms with van der Waals surface area (Å²) in [5.41, 5.74) is 5.60. The molecule has 1 atom stereocenters. The molecule has 1 aromatic rings. The van der Waals surface area contributed by atoms with Crippen molar-refractivity contribution in [1.29, 1.82) is 0 Å². The number of nitrogens with zero attached hydrogens (tertiary/aromatic N) is 3. The van der Waals surface area contributed by atoms with Crippen LogP contribution in [0.2, 0.25) is 0 Å². The van der Waals surface area contributed by atoms with Crippen LogP contribution in [0.15, 0.2) is 0 Å². The van der Waals surface area contributed by atoms with Gasteiger partial charge < -0.3 is 20.9 Å². The van der Waals surface area contributed by atoms with Crippen LogP contribution < -0.4 is 15.8 Å². The van der Waals surface area contributed by atoms with E-state index in [4.69, 9.17) is 10.5 Å². The lowest BCUT2D eigenvalue weighted by molar-refractivity contribution is 0.114. The van der Waals surface area contributed by atoms with E-state index in [1.165, 1.54) is 0 Å². The minimum atomic E-state index is -0.442. The minimum Gasteiger partial charge on any atom is -0.463 e. The van der Waals surface area contributed by atoms with Crippen LogP contribution in [0.4, 0.5) is 11.9 Å². The van der Waals surface area contributed by atoms with E-state index in [1.807, 2.05) is 6.92 Å². The molecule has 0 aromatic carbocycles. The molecular formula is C13H25N5O2. The fourth-order valence-corrected chi connectivity index (χ4v) is 1.90. The molecule has 1 rings (SSSR count). The zero-order valence-corrected chi connectivity index (χ0v) is 12.5. The van der Waals surface area contributed by atoms with E-state index >= 15 is 0 Å². The second-order valence-electron chi connectivity index (χ2n) is 4.67. The van der Waals surface area contributed by atoms with E-state index in [1.54, 1.807) is 0 Å². The van der Waals surface area contributed by atoms with Gasteiger partial charge in [-0.1, -0.05) is 33.6 Å². The number of aliphatic hydroxyl groups is 1. The van der Waals surface area contributed by atoms with Gasteiger partial charge in [0.05, 0.1) is 12.7 Å². The molecular weight excluding hydrogens is 258 g/mol. The van der Waals surface area contributed by atoms with Crippen LogP contribution in [0, 0.1) is 5.92 Å². The van der Waals surface area contributed by atoms with Crippen LogP contribution in [-0.4, -0.2) is 39.3 Å². The first kappa shape index (κ1) is 16.4. The topological polar surface area (TPSA) is 106 Å². The Balaban J connectivity index is 2.60. The van der Waals surface area contributed by atoms with Gasteiger partial charge in [0, 0.05) is 6.54 Å².